The lowest BCUT2D eigenvalue weighted by atomic mass is 10.5. The van der Waals surface area contributed by atoms with E-state index < -0.39 is 0 Å². The Labute approximate surface area is 69.2 Å². The minimum Gasteiger partial charge on any atom is -0.330 e. The van der Waals surface area contributed by atoms with Gasteiger partial charge in [-0.15, -0.1) is 24.0 Å². The van der Waals surface area contributed by atoms with Crippen LogP contribution in [0, 0.1) is 0 Å². The number of hydrogen-bond acceptors (Lipinski definition) is 1. The van der Waals surface area contributed by atoms with Crippen molar-refractivity contribution in [2.24, 2.45) is 5.73 Å². The molecule has 0 spiro atoms. The summed E-state index contributed by atoms with van der Waals surface area (Å²) < 4.78 is 1.19. The van der Waals surface area contributed by atoms with Crippen molar-refractivity contribution in [1.82, 2.24) is 0 Å². The summed E-state index contributed by atoms with van der Waals surface area (Å²) in [5, 5.41) is 0. The SMILES string of the molecule is I.NCCCI. The normalized spacial score (nSPS) is 7.00. The van der Waals surface area contributed by atoms with Crippen molar-refractivity contribution >= 4 is 46.6 Å². The third kappa shape index (κ3) is 9.05. The number of alkyl halides is 1. The Morgan fingerprint density at radius 1 is 1.50 bits per heavy atom. The summed E-state index contributed by atoms with van der Waals surface area (Å²) in [4.78, 5) is 0. The van der Waals surface area contributed by atoms with Crippen molar-refractivity contribution in [2.45, 2.75) is 6.42 Å². The van der Waals surface area contributed by atoms with E-state index in [1.54, 1.807) is 0 Å². The maximum Gasteiger partial charge on any atom is 0.000727 e. The van der Waals surface area contributed by atoms with Gasteiger partial charge in [-0.05, 0) is 13.0 Å². The van der Waals surface area contributed by atoms with Crippen LogP contribution in [-0.4, -0.2) is 11.0 Å². The molecular formula is C3H9I2N. The molecule has 0 saturated carbocycles. The van der Waals surface area contributed by atoms with E-state index in [-0.39, 0.29) is 24.0 Å². The van der Waals surface area contributed by atoms with Gasteiger partial charge in [-0.3, -0.25) is 0 Å². The molecule has 0 aliphatic heterocycles. The van der Waals surface area contributed by atoms with Crippen molar-refractivity contribution in [3.8, 4) is 0 Å². The van der Waals surface area contributed by atoms with Crippen LogP contribution in [0.2, 0.25) is 0 Å². The number of nitrogens with two attached hydrogens (primary N) is 1. The van der Waals surface area contributed by atoms with Gasteiger partial charge in [0.25, 0.3) is 0 Å². The summed E-state index contributed by atoms with van der Waals surface area (Å²) in [6.07, 6.45) is 1.15. The molecule has 0 aromatic rings. The van der Waals surface area contributed by atoms with E-state index in [2.05, 4.69) is 22.6 Å². The zero-order valence-corrected chi connectivity index (χ0v) is 7.97. The molecule has 0 aromatic heterocycles. The first-order valence-corrected chi connectivity index (χ1v) is 3.20. The van der Waals surface area contributed by atoms with Crippen LogP contribution in [0.1, 0.15) is 6.42 Å². The van der Waals surface area contributed by atoms with Gasteiger partial charge >= 0.3 is 0 Å². The van der Waals surface area contributed by atoms with E-state index in [9.17, 15) is 0 Å². The average molecular weight is 313 g/mol. The molecule has 0 aliphatic rings. The van der Waals surface area contributed by atoms with Crippen molar-refractivity contribution in [1.29, 1.82) is 0 Å². The largest absolute Gasteiger partial charge is 0.330 e. The van der Waals surface area contributed by atoms with Crippen molar-refractivity contribution in [3.05, 3.63) is 0 Å². The maximum atomic E-state index is 5.13. The molecule has 2 N–H and O–H groups in total. The van der Waals surface area contributed by atoms with Crippen LogP contribution in [0.25, 0.3) is 0 Å². The molecule has 6 heavy (non-hydrogen) atoms. The van der Waals surface area contributed by atoms with Crippen LogP contribution in [0.3, 0.4) is 0 Å². The van der Waals surface area contributed by atoms with Crippen LogP contribution in [-0.2, 0) is 0 Å². The topological polar surface area (TPSA) is 26.0 Å². The Morgan fingerprint density at radius 3 is 2.00 bits per heavy atom. The molecule has 1 nitrogen and oxygen atoms in total. The van der Waals surface area contributed by atoms with Crippen LogP contribution in [0.5, 0.6) is 0 Å². The molecule has 0 amide bonds. The molecule has 0 radical (unpaired) electrons. The van der Waals surface area contributed by atoms with Gasteiger partial charge in [0, 0.05) is 4.43 Å². The zero-order chi connectivity index (χ0) is 4.12. The smallest absolute Gasteiger partial charge is 0.000727 e. The first kappa shape index (κ1) is 10.4. The lowest BCUT2D eigenvalue weighted by Crippen LogP contribution is -1.97. The Morgan fingerprint density at radius 2 is 2.00 bits per heavy atom. The van der Waals surface area contributed by atoms with Crippen molar-refractivity contribution in [3.63, 3.8) is 0 Å². The molecule has 0 unspecified atom stereocenters. The summed E-state index contributed by atoms with van der Waals surface area (Å²) in [6, 6.07) is 0. The minimum atomic E-state index is 0. The van der Waals surface area contributed by atoms with Gasteiger partial charge in [0.2, 0.25) is 0 Å². The summed E-state index contributed by atoms with van der Waals surface area (Å²) in [6.45, 7) is 0.836. The van der Waals surface area contributed by atoms with Crippen molar-refractivity contribution in [2.75, 3.05) is 11.0 Å². The van der Waals surface area contributed by atoms with E-state index in [0.29, 0.717) is 0 Å². The molecule has 40 valence electrons. The number of hydrogen-bond donors (Lipinski definition) is 1. The van der Waals surface area contributed by atoms with Gasteiger partial charge in [0.05, 0.1) is 0 Å². The number of rotatable bonds is 2. The van der Waals surface area contributed by atoms with Gasteiger partial charge < -0.3 is 5.73 Å². The standard InChI is InChI=1S/C3H8IN.HI/c4-2-1-3-5;/h1-3,5H2;1H. The molecule has 0 fully saturated rings. The summed E-state index contributed by atoms with van der Waals surface area (Å²) in [5.74, 6) is 0. The Bertz CT molecular complexity index is 16.3. The van der Waals surface area contributed by atoms with Crippen LogP contribution in [0.15, 0.2) is 0 Å². The minimum absolute atomic E-state index is 0. The Balaban J connectivity index is 0. The molecule has 3 heteroatoms. The molecular weight excluding hydrogens is 304 g/mol. The second-order valence-corrected chi connectivity index (χ2v) is 1.91. The molecule has 0 heterocycles. The molecule has 0 aromatic carbocycles. The highest BCUT2D eigenvalue weighted by molar-refractivity contribution is 14.1. The molecule has 0 rings (SSSR count). The van der Waals surface area contributed by atoms with Crippen molar-refractivity contribution < 1.29 is 0 Å². The van der Waals surface area contributed by atoms with Crippen LogP contribution < -0.4 is 5.73 Å². The highest BCUT2D eigenvalue weighted by Crippen LogP contribution is 1.81. The van der Waals surface area contributed by atoms with Gasteiger partial charge in [-0.2, -0.15) is 0 Å². The highest BCUT2D eigenvalue weighted by Gasteiger charge is 1.69. The number of halogens is 2. The Hall–Kier alpha value is 1.42. The monoisotopic (exact) mass is 313 g/mol. The van der Waals surface area contributed by atoms with Gasteiger partial charge in [-0.25, -0.2) is 0 Å². The quantitative estimate of drug-likeness (QED) is 0.605. The Kier molecular flexibility index (Phi) is 16.7. The zero-order valence-electron chi connectivity index (χ0n) is 3.48. The summed E-state index contributed by atoms with van der Waals surface area (Å²) >= 11 is 2.31. The second kappa shape index (κ2) is 9.65. The summed E-state index contributed by atoms with van der Waals surface area (Å²) in [7, 11) is 0. The first-order valence-electron chi connectivity index (χ1n) is 1.68. The van der Waals surface area contributed by atoms with Gasteiger partial charge in [0.15, 0.2) is 0 Å². The fourth-order valence-electron chi connectivity index (χ4n) is 0.0772. The third-order valence-corrected chi connectivity index (χ3v) is 1.10. The molecule has 0 aliphatic carbocycles. The second-order valence-electron chi connectivity index (χ2n) is 0.831. The fourth-order valence-corrected chi connectivity index (χ4v) is 0.518. The first-order chi connectivity index (χ1) is 2.41. The van der Waals surface area contributed by atoms with Crippen LogP contribution >= 0.6 is 46.6 Å². The van der Waals surface area contributed by atoms with Gasteiger partial charge in [0.1, 0.15) is 0 Å². The van der Waals surface area contributed by atoms with Gasteiger partial charge in [-0.1, -0.05) is 22.6 Å². The predicted molar refractivity (Wildman–Crippen MR) is 48.0 cm³/mol. The van der Waals surface area contributed by atoms with E-state index in [0.717, 1.165) is 13.0 Å². The average Bonchev–Trinajstić information content (AvgIpc) is 1.41. The van der Waals surface area contributed by atoms with E-state index in [4.69, 9.17) is 5.73 Å². The van der Waals surface area contributed by atoms with E-state index in [1.807, 2.05) is 0 Å². The van der Waals surface area contributed by atoms with Crippen LogP contribution in [0.4, 0.5) is 0 Å². The summed E-state index contributed by atoms with van der Waals surface area (Å²) in [5.41, 5.74) is 5.13. The van der Waals surface area contributed by atoms with E-state index in [1.165, 1.54) is 4.43 Å². The predicted octanol–water partition coefficient (Wildman–Crippen LogP) is 1.39. The molecule has 0 saturated heterocycles. The molecule has 0 bridgehead atoms. The van der Waals surface area contributed by atoms with E-state index >= 15 is 0 Å². The highest BCUT2D eigenvalue weighted by atomic mass is 127. The third-order valence-electron chi connectivity index (χ3n) is 0.338. The maximum absolute atomic E-state index is 5.13. The lowest BCUT2D eigenvalue weighted by molar-refractivity contribution is 0.955. The fraction of sp³-hybridized carbons (Fsp3) is 1.00. The lowest BCUT2D eigenvalue weighted by Gasteiger charge is -1.78. The molecule has 0 atom stereocenters.